The first-order valence-corrected chi connectivity index (χ1v) is 13.8. The molecule has 0 radical (unpaired) electrons. The number of hydrogen-bond acceptors (Lipinski definition) is 5. The second kappa shape index (κ2) is 14.5. The lowest BCUT2D eigenvalue weighted by molar-refractivity contribution is -0.111. The Kier molecular flexibility index (Phi) is 11.2. The van der Waals surface area contributed by atoms with Crippen molar-refractivity contribution in [2.45, 2.75) is 72.4 Å². The topological polar surface area (TPSA) is 74.4 Å². The van der Waals surface area contributed by atoms with Crippen molar-refractivity contribution in [3.05, 3.63) is 65.2 Å². The molecule has 1 aliphatic heterocycles. The molecular weight excluding hydrogens is 474 g/mol. The number of rotatable bonds is 12. The highest BCUT2D eigenvalue weighted by Gasteiger charge is 2.24. The van der Waals surface area contributed by atoms with Gasteiger partial charge in [-0.2, -0.15) is 0 Å². The van der Waals surface area contributed by atoms with Crippen LogP contribution >= 0.6 is 0 Å². The van der Waals surface area contributed by atoms with E-state index >= 15 is 0 Å². The van der Waals surface area contributed by atoms with E-state index in [-0.39, 0.29) is 5.92 Å². The van der Waals surface area contributed by atoms with Gasteiger partial charge in [-0.1, -0.05) is 32.0 Å². The third kappa shape index (κ3) is 7.13. The van der Waals surface area contributed by atoms with E-state index in [2.05, 4.69) is 78.4 Å². The monoisotopic (exact) mass is 517 g/mol. The van der Waals surface area contributed by atoms with Gasteiger partial charge in [-0.15, -0.1) is 0 Å². The molecule has 38 heavy (non-hydrogen) atoms. The summed E-state index contributed by atoms with van der Waals surface area (Å²) in [4.78, 5) is 25.3. The Morgan fingerprint density at radius 3 is 2.61 bits per heavy atom. The van der Waals surface area contributed by atoms with Crippen molar-refractivity contribution in [3.8, 4) is 17.1 Å². The van der Waals surface area contributed by atoms with Crippen molar-refractivity contribution in [1.82, 2.24) is 9.88 Å². The molecule has 4 rings (SSSR count). The van der Waals surface area contributed by atoms with Crippen LogP contribution in [0.15, 0.2) is 48.5 Å². The maximum atomic E-state index is 11.3. The van der Waals surface area contributed by atoms with Crippen molar-refractivity contribution in [2.75, 3.05) is 18.5 Å². The molecule has 2 unspecified atom stereocenters. The van der Waals surface area contributed by atoms with Crippen LogP contribution < -0.4 is 10.1 Å². The predicted molar refractivity (Wildman–Crippen MR) is 156 cm³/mol. The normalized spacial score (nSPS) is 14.5. The van der Waals surface area contributed by atoms with Crippen molar-refractivity contribution < 1.29 is 14.3 Å². The highest BCUT2D eigenvalue weighted by Crippen LogP contribution is 2.33. The zero-order valence-corrected chi connectivity index (χ0v) is 23.4. The number of H-pyrrole nitrogens is 1. The summed E-state index contributed by atoms with van der Waals surface area (Å²) >= 11 is 0. The van der Waals surface area contributed by atoms with Gasteiger partial charge in [0, 0.05) is 53.7 Å². The van der Waals surface area contributed by atoms with Crippen molar-refractivity contribution in [1.29, 1.82) is 0 Å². The van der Waals surface area contributed by atoms with E-state index in [1.165, 1.54) is 27.9 Å². The van der Waals surface area contributed by atoms with Gasteiger partial charge in [-0.05, 0) is 86.9 Å². The first-order chi connectivity index (χ1) is 18.6. The second-order valence-corrected chi connectivity index (χ2v) is 9.93. The molecule has 2 aromatic carbocycles. The summed E-state index contributed by atoms with van der Waals surface area (Å²) in [5, 5.41) is 3.71. The lowest BCUT2D eigenvalue weighted by atomic mass is 9.93. The number of ether oxygens (including phenoxy) is 1. The molecule has 1 aliphatic rings. The molecule has 0 saturated heterocycles. The Morgan fingerprint density at radius 2 is 1.89 bits per heavy atom. The van der Waals surface area contributed by atoms with Gasteiger partial charge in [0.15, 0.2) is 5.88 Å². The Morgan fingerprint density at radius 1 is 1.08 bits per heavy atom. The molecular formula is C32H43N3O3. The number of fused-ring (bicyclic) bond motifs is 1. The lowest BCUT2D eigenvalue weighted by Crippen LogP contribution is -2.39. The maximum absolute atomic E-state index is 11.3. The number of nitrogens with one attached hydrogen (secondary N) is 2. The van der Waals surface area contributed by atoms with Gasteiger partial charge in [-0.3, -0.25) is 4.90 Å². The van der Waals surface area contributed by atoms with Gasteiger partial charge in [0.2, 0.25) is 0 Å². The minimum Gasteiger partial charge on any atom is -0.479 e. The van der Waals surface area contributed by atoms with Gasteiger partial charge in [-0.25, -0.2) is 0 Å². The van der Waals surface area contributed by atoms with Crippen molar-refractivity contribution in [3.63, 3.8) is 0 Å². The Balaban J connectivity index is 0.00000195. The molecule has 6 nitrogen and oxygen atoms in total. The fraction of sp³-hybridized carbons (Fsp3) is 0.438. The van der Waals surface area contributed by atoms with Crippen LogP contribution in [0, 0.1) is 12.8 Å². The van der Waals surface area contributed by atoms with Crippen molar-refractivity contribution in [2.24, 2.45) is 5.92 Å². The van der Waals surface area contributed by atoms with Crippen LogP contribution in [0.2, 0.25) is 0 Å². The standard InChI is InChI=1S/C31H41N3O2.CH2O/c1-5-23(21-35)12-14-26(6-2)34-18-17-27-24(20-34)9-8-10-29(27)32-25-13-11-22(4)28(19-25)30-15-16-31(33-30)36-7-3;1-2/h8-11,13,15-16,19,21,23,26,32-33H,5-7,12,14,17-18,20H2,1-4H3;1H2. The number of anilines is 2. The Hall–Kier alpha value is -3.38. The summed E-state index contributed by atoms with van der Waals surface area (Å²) in [6.07, 6.45) is 6.32. The van der Waals surface area contributed by atoms with E-state index in [9.17, 15) is 4.79 Å². The average molecular weight is 518 g/mol. The van der Waals surface area contributed by atoms with E-state index in [0.29, 0.717) is 12.6 Å². The lowest BCUT2D eigenvalue weighted by Gasteiger charge is -2.36. The Labute approximate surface area is 227 Å². The zero-order chi connectivity index (χ0) is 27.5. The smallest absolute Gasteiger partial charge is 0.191 e. The minimum atomic E-state index is 0.197. The summed E-state index contributed by atoms with van der Waals surface area (Å²) < 4.78 is 5.62. The second-order valence-electron chi connectivity index (χ2n) is 9.93. The van der Waals surface area contributed by atoms with Crippen LogP contribution in [0.25, 0.3) is 11.3 Å². The van der Waals surface area contributed by atoms with Gasteiger partial charge < -0.3 is 24.6 Å². The predicted octanol–water partition coefficient (Wildman–Crippen LogP) is 7.09. The summed E-state index contributed by atoms with van der Waals surface area (Å²) in [5.41, 5.74) is 8.58. The zero-order valence-electron chi connectivity index (χ0n) is 23.4. The van der Waals surface area contributed by atoms with Crippen LogP contribution in [0.4, 0.5) is 11.4 Å². The molecule has 0 saturated carbocycles. The van der Waals surface area contributed by atoms with Crippen LogP contribution in [-0.2, 0) is 22.6 Å². The summed E-state index contributed by atoms with van der Waals surface area (Å²) in [7, 11) is 0. The molecule has 204 valence electrons. The van der Waals surface area contributed by atoms with E-state index in [0.717, 1.165) is 68.7 Å². The summed E-state index contributed by atoms with van der Waals surface area (Å²) in [5.74, 6) is 0.997. The number of aryl methyl sites for hydroxylation is 1. The molecule has 2 heterocycles. The highest BCUT2D eigenvalue weighted by atomic mass is 16.5. The molecule has 6 heteroatoms. The molecule has 0 fully saturated rings. The van der Waals surface area contributed by atoms with Crippen molar-refractivity contribution >= 4 is 24.5 Å². The molecule has 0 amide bonds. The Bertz CT molecular complexity index is 1170. The average Bonchev–Trinajstić information content (AvgIpc) is 3.42. The molecule has 1 aromatic heterocycles. The van der Waals surface area contributed by atoms with E-state index in [1.54, 1.807) is 0 Å². The van der Waals surface area contributed by atoms with E-state index in [1.807, 2.05) is 19.8 Å². The molecule has 0 bridgehead atoms. The maximum Gasteiger partial charge on any atom is 0.191 e. The number of carbonyl (C=O) groups excluding carboxylic acids is 2. The third-order valence-electron chi connectivity index (χ3n) is 7.64. The fourth-order valence-corrected chi connectivity index (χ4v) is 5.40. The van der Waals surface area contributed by atoms with E-state index < -0.39 is 0 Å². The van der Waals surface area contributed by atoms with Gasteiger partial charge in [0.1, 0.15) is 13.1 Å². The van der Waals surface area contributed by atoms with Gasteiger partial charge in [0.05, 0.1) is 6.61 Å². The number of carbonyl (C=O) groups is 2. The number of aldehydes is 1. The van der Waals surface area contributed by atoms with Crippen LogP contribution in [0.3, 0.4) is 0 Å². The number of aromatic nitrogens is 1. The van der Waals surface area contributed by atoms with Crippen LogP contribution in [0.5, 0.6) is 5.88 Å². The van der Waals surface area contributed by atoms with Gasteiger partial charge in [0.25, 0.3) is 0 Å². The molecule has 2 atom stereocenters. The molecule has 2 N–H and O–H groups in total. The highest BCUT2D eigenvalue weighted by molar-refractivity contribution is 5.73. The van der Waals surface area contributed by atoms with E-state index in [4.69, 9.17) is 9.53 Å². The summed E-state index contributed by atoms with van der Waals surface area (Å²) in [6.45, 7) is 13.2. The minimum absolute atomic E-state index is 0.197. The summed E-state index contributed by atoms with van der Waals surface area (Å²) in [6, 6.07) is 17.8. The van der Waals surface area contributed by atoms with Gasteiger partial charge >= 0.3 is 0 Å². The first kappa shape index (κ1) is 29.2. The SMILES string of the molecule is C=O.CCOc1ccc(-c2cc(Nc3cccc4c3CCN(C(CC)CCC(C=O)CC)C4)ccc2C)[nH]1. The van der Waals surface area contributed by atoms with Crippen LogP contribution in [-0.4, -0.2) is 42.2 Å². The largest absolute Gasteiger partial charge is 0.479 e. The fourth-order valence-electron chi connectivity index (χ4n) is 5.40. The first-order valence-electron chi connectivity index (χ1n) is 13.8. The van der Waals surface area contributed by atoms with Crippen LogP contribution in [0.1, 0.15) is 63.1 Å². The molecule has 3 aromatic rings. The third-order valence-corrected chi connectivity index (χ3v) is 7.64. The molecule has 0 aliphatic carbocycles. The molecule has 0 spiro atoms. The number of aromatic amines is 1. The number of nitrogens with zero attached hydrogens (tertiary/aromatic N) is 1. The number of benzene rings is 2. The number of hydrogen-bond donors (Lipinski definition) is 2. The quantitative estimate of drug-likeness (QED) is 0.251.